The van der Waals surface area contributed by atoms with E-state index in [1.54, 1.807) is 0 Å². The first kappa shape index (κ1) is 16.1. The van der Waals surface area contributed by atoms with Crippen LogP contribution in [0.4, 0.5) is 0 Å². The first-order valence-corrected chi connectivity index (χ1v) is 9.38. The Bertz CT molecular complexity index is 541. The van der Waals surface area contributed by atoms with Crippen LogP contribution in [-0.2, 0) is 0 Å². The van der Waals surface area contributed by atoms with Crippen LogP contribution in [0.3, 0.4) is 0 Å². The van der Waals surface area contributed by atoms with E-state index in [2.05, 4.69) is 32.9 Å². The van der Waals surface area contributed by atoms with Gasteiger partial charge in [0.1, 0.15) is 0 Å². The molecular weight excluding hydrogens is 288 g/mol. The van der Waals surface area contributed by atoms with Gasteiger partial charge < -0.3 is 15.3 Å². The van der Waals surface area contributed by atoms with Crippen LogP contribution in [0.5, 0.6) is 0 Å². The monoisotopic (exact) mass is 320 g/mol. The zero-order valence-electron chi connectivity index (χ0n) is 14.8. The van der Waals surface area contributed by atoms with Crippen LogP contribution in [0.15, 0.2) is 12.2 Å². The summed E-state index contributed by atoms with van der Waals surface area (Å²) in [7, 11) is 0. The molecule has 3 heteroatoms. The van der Waals surface area contributed by atoms with Crippen molar-refractivity contribution >= 4 is 0 Å². The molecule has 23 heavy (non-hydrogen) atoms. The fraction of sp³-hybridized carbons (Fsp3) is 0.900. The molecule has 4 aliphatic carbocycles. The van der Waals surface area contributed by atoms with E-state index in [0.29, 0.717) is 18.3 Å². The van der Waals surface area contributed by atoms with Crippen LogP contribution in [0.2, 0.25) is 0 Å². The number of rotatable bonds is 1. The molecular formula is C20H32O3. The Morgan fingerprint density at radius 3 is 2.39 bits per heavy atom. The molecule has 1 spiro atoms. The van der Waals surface area contributed by atoms with Crippen LogP contribution >= 0.6 is 0 Å². The van der Waals surface area contributed by atoms with Gasteiger partial charge in [0.25, 0.3) is 0 Å². The molecule has 0 heterocycles. The minimum absolute atomic E-state index is 0.0350. The molecule has 0 aromatic heterocycles. The largest absolute Gasteiger partial charge is 0.395 e. The lowest BCUT2D eigenvalue weighted by Crippen LogP contribution is -2.63. The van der Waals surface area contributed by atoms with Crippen molar-refractivity contribution in [1.82, 2.24) is 0 Å². The maximum atomic E-state index is 11.0. The maximum absolute atomic E-state index is 11.0. The molecule has 4 rings (SSSR count). The third-order valence-corrected chi connectivity index (χ3v) is 8.64. The van der Waals surface area contributed by atoms with Crippen LogP contribution in [0.25, 0.3) is 0 Å². The molecule has 3 fully saturated rings. The SMILES string of the molecule is CC1(C)CC[C@H](O)[C@]2(C)[C@@H]1CC[C@]13C=C[C@](CO)(C1)[C@H](O)C[C@H]32. The van der Waals surface area contributed by atoms with E-state index in [-0.39, 0.29) is 29.0 Å². The van der Waals surface area contributed by atoms with E-state index in [1.807, 2.05) is 0 Å². The van der Waals surface area contributed by atoms with Crippen molar-refractivity contribution in [2.75, 3.05) is 6.61 Å². The van der Waals surface area contributed by atoms with E-state index in [9.17, 15) is 15.3 Å². The Balaban J connectivity index is 1.79. The molecule has 3 nitrogen and oxygen atoms in total. The maximum Gasteiger partial charge on any atom is 0.0656 e. The lowest BCUT2D eigenvalue weighted by atomic mass is 9.39. The van der Waals surface area contributed by atoms with Gasteiger partial charge in [-0.3, -0.25) is 0 Å². The van der Waals surface area contributed by atoms with Gasteiger partial charge in [0.2, 0.25) is 0 Å². The number of fused-ring (bicyclic) bond motifs is 3. The summed E-state index contributed by atoms with van der Waals surface area (Å²) in [4.78, 5) is 0. The Morgan fingerprint density at radius 1 is 0.957 bits per heavy atom. The van der Waals surface area contributed by atoms with Gasteiger partial charge in [-0.25, -0.2) is 0 Å². The summed E-state index contributed by atoms with van der Waals surface area (Å²) in [6.45, 7) is 7.05. The third-order valence-electron chi connectivity index (χ3n) is 8.64. The summed E-state index contributed by atoms with van der Waals surface area (Å²) in [6.07, 6.45) is 9.47. The highest BCUT2D eigenvalue weighted by molar-refractivity contribution is 5.28. The average Bonchev–Trinajstić information content (AvgIpc) is 2.83. The summed E-state index contributed by atoms with van der Waals surface area (Å²) in [5, 5.41) is 31.7. The van der Waals surface area contributed by atoms with Gasteiger partial charge in [0.15, 0.2) is 0 Å². The fourth-order valence-electron chi connectivity index (χ4n) is 7.31. The van der Waals surface area contributed by atoms with E-state index in [4.69, 9.17) is 0 Å². The molecule has 3 N–H and O–H groups in total. The molecule has 130 valence electrons. The van der Waals surface area contributed by atoms with E-state index < -0.39 is 11.5 Å². The molecule has 0 unspecified atom stereocenters. The molecule has 3 saturated carbocycles. The summed E-state index contributed by atoms with van der Waals surface area (Å²) in [5.74, 6) is 0.828. The predicted octanol–water partition coefficient (Wildman–Crippen LogP) is 2.89. The molecule has 2 bridgehead atoms. The smallest absolute Gasteiger partial charge is 0.0656 e. The molecule has 0 amide bonds. The molecule has 0 radical (unpaired) electrons. The Morgan fingerprint density at radius 2 is 1.70 bits per heavy atom. The van der Waals surface area contributed by atoms with Crippen molar-refractivity contribution in [3.8, 4) is 0 Å². The van der Waals surface area contributed by atoms with Crippen molar-refractivity contribution in [2.24, 2.45) is 33.5 Å². The summed E-state index contributed by atoms with van der Waals surface area (Å²) >= 11 is 0. The zero-order valence-corrected chi connectivity index (χ0v) is 14.8. The van der Waals surface area contributed by atoms with Crippen LogP contribution in [-0.4, -0.2) is 34.1 Å². The van der Waals surface area contributed by atoms with E-state index in [1.165, 1.54) is 0 Å². The lowest BCUT2D eigenvalue weighted by molar-refractivity contribution is -0.213. The minimum Gasteiger partial charge on any atom is -0.395 e. The molecule has 4 aliphatic rings. The van der Waals surface area contributed by atoms with Gasteiger partial charge in [0, 0.05) is 10.8 Å². The second kappa shape index (κ2) is 4.62. The Labute approximate surface area is 139 Å². The van der Waals surface area contributed by atoms with E-state index in [0.717, 1.165) is 32.1 Å². The number of allylic oxidation sites excluding steroid dienone is 1. The third kappa shape index (κ3) is 1.82. The van der Waals surface area contributed by atoms with E-state index >= 15 is 0 Å². The van der Waals surface area contributed by atoms with Crippen molar-refractivity contribution < 1.29 is 15.3 Å². The van der Waals surface area contributed by atoms with Crippen LogP contribution in [0.1, 0.15) is 59.3 Å². The highest BCUT2D eigenvalue weighted by Gasteiger charge is 2.67. The normalized spacial score (nSPS) is 57.0. The lowest BCUT2D eigenvalue weighted by Gasteiger charge is -2.66. The first-order valence-electron chi connectivity index (χ1n) is 9.38. The van der Waals surface area contributed by atoms with Gasteiger partial charge in [-0.15, -0.1) is 0 Å². The van der Waals surface area contributed by atoms with Crippen molar-refractivity contribution in [3.05, 3.63) is 12.2 Å². The minimum atomic E-state index is -0.489. The standard InChI is InChI=1S/C20H32O3/c1-17(2)6-5-15(22)18(3)13(17)4-7-19-8-9-20(11-19,12-21)16(23)10-14(18)19/h8-9,13-16,21-23H,4-7,10-12H2,1-3H3/t13-,14+,15+,16-,18-,19+,20-/m1/s1. The quantitative estimate of drug-likeness (QED) is 0.651. The molecule has 7 atom stereocenters. The fourth-order valence-corrected chi connectivity index (χ4v) is 7.31. The second-order valence-corrected chi connectivity index (χ2v) is 9.94. The molecule has 0 saturated heterocycles. The Kier molecular flexibility index (Phi) is 3.23. The predicted molar refractivity (Wildman–Crippen MR) is 89.7 cm³/mol. The number of aliphatic hydroxyl groups is 3. The molecule has 0 aromatic rings. The topological polar surface area (TPSA) is 60.7 Å². The van der Waals surface area contributed by atoms with Crippen LogP contribution < -0.4 is 0 Å². The number of aliphatic hydroxyl groups excluding tert-OH is 3. The molecule has 0 aromatic carbocycles. The van der Waals surface area contributed by atoms with Crippen molar-refractivity contribution in [3.63, 3.8) is 0 Å². The van der Waals surface area contributed by atoms with Gasteiger partial charge in [-0.1, -0.05) is 32.9 Å². The van der Waals surface area contributed by atoms with Crippen molar-refractivity contribution in [2.45, 2.75) is 71.5 Å². The first-order chi connectivity index (χ1) is 10.7. The number of hydrogen-bond donors (Lipinski definition) is 3. The second-order valence-electron chi connectivity index (χ2n) is 9.94. The highest BCUT2D eigenvalue weighted by atomic mass is 16.3. The van der Waals surface area contributed by atoms with Crippen LogP contribution in [0, 0.1) is 33.5 Å². The highest BCUT2D eigenvalue weighted by Crippen LogP contribution is 2.71. The van der Waals surface area contributed by atoms with Gasteiger partial charge >= 0.3 is 0 Å². The Hall–Kier alpha value is -0.380. The summed E-state index contributed by atoms with van der Waals surface area (Å²) in [5.41, 5.74) is -0.234. The van der Waals surface area contributed by atoms with Gasteiger partial charge in [0.05, 0.1) is 18.8 Å². The average molecular weight is 320 g/mol. The number of hydrogen-bond acceptors (Lipinski definition) is 3. The summed E-state index contributed by atoms with van der Waals surface area (Å²) in [6, 6.07) is 0. The van der Waals surface area contributed by atoms with Crippen molar-refractivity contribution in [1.29, 1.82) is 0 Å². The summed E-state index contributed by atoms with van der Waals surface area (Å²) < 4.78 is 0. The van der Waals surface area contributed by atoms with Gasteiger partial charge in [-0.2, -0.15) is 0 Å². The van der Waals surface area contributed by atoms with Gasteiger partial charge in [-0.05, 0) is 61.2 Å². The molecule has 0 aliphatic heterocycles. The zero-order chi connectivity index (χ0) is 16.7.